The minimum absolute atomic E-state index is 0.263. The maximum Gasteiger partial charge on any atom is 0.222 e. The molecule has 1 rings (SSSR count). The fourth-order valence-corrected chi connectivity index (χ4v) is 2.37. The lowest BCUT2D eigenvalue weighted by molar-refractivity contribution is -0.133. The Morgan fingerprint density at radius 1 is 1.28 bits per heavy atom. The van der Waals surface area contributed by atoms with E-state index in [1.54, 1.807) is 0 Å². The topological polar surface area (TPSA) is 32.3 Å². The van der Waals surface area contributed by atoms with Crippen LogP contribution in [0.1, 0.15) is 53.4 Å². The van der Waals surface area contributed by atoms with Crippen LogP contribution in [0.2, 0.25) is 0 Å². The van der Waals surface area contributed by atoms with E-state index < -0.39 is 0 Å². The predicted molar refractivity (Wildman–Crippen MR) is 76.5 cm³/mol. The maximum absolute atomic E-state index is 12.1. The van der Waals surface area contributed by atoms with Gasteiger partial charge >= 0.3 is 0 Å². The van der Waals surface area contributed by atoms with E-state index in [1.807, 2.05) is 0 Å². The molecule has 0 spiro atoms. The van der Waals surface area contributed by atoms with Gasteiger partial charge in [0, 0.05) is 19.5 Å². The Hall–Kier alpha value is -0.570. The molecule has 1 saturated heterocycles. The van der Waals surface area contributed by atoms with Crippen LogP contribution in [0.5, 0.6) is 0 Å². The zero-order valence-corrected chi connectivity index (χ0v) is 12.6. The Labute approximate surface area is 112 Å². The van der Waals surface area contributed by atoms with E-state index in [9.17, 15) is 4.79 Å². The number of hydrogen-bond donors (Lipinski definition) is 1. The molecule has 0 aromatic carbocycles. The molecule has 1 amide bonds. The van der Waals surface area contributed by atoms with Gasteiger partial charge in [-0.2, -0.15) is 0 Å². The standard InChI is InChI=1S/C15H30N2O/c1-5-16-12-13-7-10-17(11-8-13)14(18)6-9-15(2,3)4/h13,16H,5-12H2,1-4H3. The molecule has 0 radical (unpaired) electrons. The molecule has 106 valence electrons. The van der Waals surface area contributed by atoms with E-state index in [0.29, 0.717) is 12.3 Å². The molecular formula is C15H30N2O. The highest BCUT2D eigenvalue weighted by molar-refractivity contribution is 5.76. The second kappa shape index (κ2) is 7.13. The summed E-state index contributed by atoms with van der Waals surface area (Å²) in [5, 5.41) is 3.40. The number of amides is 1. The number of piperidine rings is 1. The molecule has 3 heteroatoms. The summed E-state index contributed by atoms with van der Waals surface area (Å²) in [6, 6.07) is 0. The van der Waals surface area contributed by atoms with E-state index in [1.165, 1.54) is 0 Å². The van der Waals surface area contributed by atoms with E-state index in [2.05, 4.69) is 37.9 Å². The van der Waals surface area contributed by atoms with Crippen LogP contribution in [0.3, 0.4) is 0 Å². The SMILES string of the molecule is CCNCC1CCN(C(=O)CCC(C)(C)C)CC1. The number of nitrogens with zero attached hydrogens (tertiary/aromatic N) is 1. The van der Waals surface area contributed by atoms with Crippen molar-refractivity contribution in [3.05, 3.63) is 0 Å². The van der Waals surface area contributed by atoms with Crippen molar-refractivity contribution in [1.82, 2.24) is 10.2 Å². The summed E-state index contributed by atoms with van der Waals surface area (Å²) < 4.78 is 0. The molecule has 1 N–H and O–H groups in total. The first kappa shape index (κ1) is 15.5. The summed E-state index contributed by atoms with van der Waals surface area (Å²) >= 11 is 0. The van der Waals surface area contributed by atoms with Gasteiger partial charge < -0.3 is 10.2 Å². The van der Waals surface area contributed by atoms with Crippen molar-refractivity contribution in [1.29, 1.82) is 0 Å². The van der Waals surface area contributed by atoms with E-state index in [0.717, 1.165) is 51.4 Å². The lowest BCUT2D eigenvalue weighted by atomic mass is 9.90. The molecule has 1 fully saturated rings. The van der Waals surface area contributed by atoms with Crippen LogP contribution in [0.15, 0.2) is 0 Å². The maximum atomic E-state index is 12.1. The highest BCUT2D eigenvalue weighted by atomic mass is 16.2. The molecule has 18 heavy (non-hydrogen) atoms. The Morgan fingerprint density at radius 3 is 2.39 bits per heavy atom. The number of nitrogens with one attached hydrogen (secondary N) is 1. The van der Waals surface area contributed by atoms with E-state index in [-0.39, 0.29) is 5.41 Å². The Kier molecular flexibility index (Phi) is 6.13. The van der Waals surface area contributed by atoms with Crippen LogP contribution in [0.4, 0.5) is 0 Å². The number of carbonyl (C=O) groups excluding carboxylic acids is 1. The van der Waals surface area contributed by atoms with Crippen molar-refractivity contribution in [2.45, 2.75) is 53.4 Å². The van der Waals surface area contributed by atoms with Gasteiger partial charge in [0.25, 0.3) is 0 Å². The Bertz CT molecular complexity index is 250. The third-order valence-electron chi connectivity index (χ3n) is 3.74. The van der Waals surface area contributed by atoms with Crippen molar-refractivity contribution in [2.75, 3.05) is 26.2 Å². The van der Waals surface area contributed by atoms with Gasteiger partial charge in [0.15, 0.2) is 0 Å². The molecule has 0 aromatic rings. The summed E-state index contributed by atoms with van der Waals surface area (Å²) in [7, 11) is 0. The summed E-state index contributed by atoms with van der Waals surface area (Å²) in [6.45, 7) is 12.8. The predicted octanol–water partition coefficient (Wildman–Crippen LogP) is 2.66. The normalized spacial score (nSPS) is 18.1. The largest absolute Gasteiger partial charge is 0.343 e. The minimum atomic E-state index is 0.263. The van der Waals surface area contributed by atoms with Gasteiger partial charge in [0.1, 0.15) is 0 Å². The molecule has 3 nitrogen and oxygen atoms in total. The Balaban J connectivity index is 2.23. The average molecular weight is 254 g/mol. The monoisotopic (exact) mass is 254 g/mol. The first-order valence-corrected chi connectivity index (χ1v) is 7.41. The second-order valence-electron chi connectivity index (χ2n) is 6.69. The quantitative estimate of drug-likeness (QED) is 0.818. The van der Waals surface area contributed by atoms with Crippen molar-refractivity contribution in [2.24, 2.45) is 11.3 Å². The summed E-state index contributed by atoms with van der Waals surface area (Å²) in [4.78, 5) is 14.1. The van der Waals surface area contributed by atoms with Crippen molar-refractivity contribution < 1.29 is 4.79 Å². The van der Waals surface area contributed by atoms with Crippen LogP contribution in [0.25, 0.3) is 0 Å². The molecule has 1 aliphatic rings. The molecule has 0 aromatic heterocycles. The lowest BCUT2D eigenvalue weighted by Gasteiger charge is -2.32. The van der Waals surface area contributed by atoms with Gasteiger partial charge in [0.2, 0.25) is 5.91 Å². The van der Waals surface area contributed by atoms with Crippen molar-refractivity contribution in [3.63, 3.8) is 0 Å². The Morgan fingerprint density at radius 2 is 1.89 bits per heavy atom. The number of rotatable bonds is 5. The van der Waals surface area contributed by atoms with Gasteiger partial charge in [-0.05, 0) is 43.7 Å². The van der Waals surface area contributed by atoms with Crippen molar-refractivity contribution >= 4 is 5.91 Å². The van der Waals surface area contributed by atoms with Gasteiger partial charge in [-0.25, -0.2) is 0 Å². The van der Waals surface area contributed by atoms with E-state index >= 15 is 0 Å². The highest BCUT2D eigenvalue weighted by Gasteiger charge is 2.23. The van der Waals surface area contributed by atoms with E-state index in [4.69, 9.17) is 0 Å². The molecule has 0 unspecified atom stereocenters. The lowest BCUT2D eigenvalue weighted by Crippen LogP contribution is -2.40. The summed E-state index contributed by atoms with van der Waals surface area (Å²) in [6.07, 6.45) is 4.02. The van der Waals surface area contributed by atoms with Gasteiger partial charge in [-0.1, -0.05) is 27.7 Å². The molecule has 0 atom stereocenters. The minimum Gasteiger partial charge on any atom is -0.343 e. The highest BCUT2D eigenvalue weighted by Crippen LogP contribution is 2.23. The van der Waals surface area contributed by atoms with Gasteiger partial charge in [-0.15, -0.1) is 0 Å². The summed E-state index contributed by atoms with van der Waals surface area (Å²) in [5.74, 6) is 1.11. The van der Waals surface area contributed by atoms with Crippen LogP contribution in [-0.2, 0) is 4.79 Å². The summed E-state index contributed by atoms with van der Waals surface area (Å²) in [5.41, 5.74) is 0.263. The number of carbonyl (C=O) groups is 1. The van der Waals surface area contributed by atoms with Crippen LogP contribution in [-0.4, -0.2) is 37.0 Å². The molecule has 0 saturated carbocycles. The van der Waals surface area contributed by atoms with Crippen LogP contribution in [0, 0.1) is 11.3 Å². The fourth-order valence-electron chi connectivity index (χ4n) is 2.37. The zero-order chi connectivity index (χ0) is 13.6. The fraction of sp³-hybridized carbons (Fsp3) is 0.933. The first-order valence-electron chi connectivity index (χ1n) is 7.41. The van der Waals surface area contributed by atoms with Crippen LogP contribution < -0.4 is 5.32 Å². The molecule has 1 aliphatic heterocycles. The van der Waals surface area contributed by atoms with Gasteiger partial charge in [0.05, 0.1) is 0 Å². The number of likely N-dealkylation sites (tertiary alicyclic amines) is 1. The zero-order valence-electron chi connectivity index (χ0n) is 12.6. The molecule has 0 bridgehead atoms. The third kappa shape index (κ3) is 5.85. The second-order valence-corrected chi connectivity index (χ2v) is 6.69. The average Bonchev–Trinajstić information content (AvgIpc) is 2.33. The molecular weight excluding hydrogens is 224 g/mol. The smallest absolute Gasteiger partial charge is 0.222 e. The van der Waals surface area contributed by atoms with Crippen molar-refractivity contribution in [3.8, 4) is 0 Å². The van der Waals surface area contributed by atoms with Gasteiger partial charge in [-0.3, -0.25) is 4.79 Å². The molecule has 1 heterocycles. The third-order valence-corrected chi connectivity index (χ3v) is 3.74. The van der Waals surface area contributed by atoms with Crippen LogP contribution >= 0.6 is 0 Å². The first-order chi connectivity index (χ1) is 8.42. The number of hydrogen-bond acceptors (Lipinski definition) is 2. The molecule has 0 aliphatic carbocycles.